The largest absolute Gasteiger partial charge is 0.446 e. The number of rotatable bonds is 5. The van der Waals surface area contributed by atoms with Crippen LogP contribution >= 0.6 is 0 Å². The van der Waals surface area contributed by atoms with Crippen molar-refractivity contribution >= 4 is 23.8 Å². The van der Waals surface area contributed by atoms with Gasteiger partial charge < -0.3 is 25.6 Å². The molecule has 5 saturated carbocycles. The molecule has 4 unspecified atom stereocenters. The molecule has 2 spiro atoms. The van der Waals surface area contributed by atoms with Crippen LogP contribution in [0.2, 0.25) is 0 Å². The van der Waals surface area contributed by atoms with Gasteiger partial charge in [0.15, 0.2) is 0 Å². The summed E-state index contributed by atoms with van der Waals surface area (Å²) in [6.45, 7) is 9.64. The van der Waals surface area contributed by atoms with E-state index in [1.807, 2.05) is 0 Å². The van der Waals surface area contributed by atoms with Crippen LogP contribution in [0.25, 0.3) is 0 Å². The Labute approximate surface area is 260 Å². The molecule has 13 heteroatoms. The van der Waals surface area contributed by atoms with Gasteiger partial charge in [0, 0.05) is 22.9 Å². The third kappa shape index (κ3) is 3.98. The number of nitriles is 1. The second-order valence-corrected chi connectivity index (χ2v) is 16.9. The molecular weight excluding hydrogens is 591 g/mol. The van der Waals surface area contributed by atoms with E-state index in [0.717, 1.165) is 19.3 Å². The first-order valence-corrected chi connectivity index (χ1v) is 16.1. The summed E-state index contributed by atoms with van der Waals surface area (Å²) >= 11 is 0. The summed E-state index contributed by atoms with van der Waals surface area (Å²) in [7, 11) is 0. The Kier molecular flexibility index (Phi) is 5.88. The summed E-state index contributed by atoms with van der Waals surface area (Å²) in [6.07, 6.45) is -2.96. The fraction of sp³-hybridized carbons (Fsp3) is 0.844. The van der Waals surface area contributed by atoms with Crippen LogP contribution < -0.4 is 16.0 Å². The number of hydrogen-bond donors (Lipinski definition) is 3. The molecule has 0 radical (unpaired) electrons. The van der Waals surface area contributed by atoms with E-state index in [4.69, 9.17) is 4.74 Å². The van der Waals surface area contributed by atoms with Crippen LogP contribution in [0.3, 0.4) is 0 Å². The predicted octanol–water partition coefficient (Wildman–Crippen LogP) is 3.70. The molecule has 45 heavy (non-hydrogen) atoms. The molecule has 246 valence electrons. The molecule has 3 N–H and O–H groups in total. The minimum Gasteiger partial charge on any atom is -0.446 e. The van der Waals surface area contributed by atoms with E-state index in [2.05, 4.69) is 35.9 Å². The summed E-state index contributed by atoms with van der Waals surface area (Å²) in [5.74, 6) is -2.77. The topological polar surface area (TPSA) is 141 Å². The summed E-state index contributed by atoms with van der Waals surface area (Å²) in [4.78, 5) is 55.8. The number of carbonyl (C=O) groups is 4. The highest BCUT2D eigenvalue weighted by Crippen LogP contribution is 3.00. The molecular formula is C32H42F3N5O5. The predicted molar refractivity (Wildman–Crippen MR) is 152 cm³/mol. The molecule has 0 bridgehead atoms. The van der Waals surface area contributed by atoms with E-state index < -0.39 is 70.0 Å². The highest BCUT2D eigenvalue weighted by molar-refractivity contribution is 5.96. The van der Waals surface area contributed by atoms with Gasteiger partial charge in [-0.15, -0.1) is 0 Å². The molecule has 7 fully saturated rings. The molecule has 7 aliphatic rings. The van der Waals surface area contributed by atoms with Crippen LogP contribution in [0.1, 0.15) is 92.4 Å². The summed E-state index contributed by atoms with van der Waals surface area (Å²) < 4.78 is 45.7. The molecule has 10 nitrogen and oxygen atoms in total. The number of halogens is 3. The number of piperidine rings is 2. The summed E-state index contributed by atoms with van der Waals surface area (Å²) in [6, 6.07) is 0.198. The number of ether oxygens (including phenoxy) is 1. The van der Waals surface area contributed by atoms with Gasteiger partial charge in [0.25, 0.3) is 0 Å². The van der Waals surface area contributed by atoms with Crippen molar-refractivity contribution in [3.63, 3.8) is 0 Å². The number of alkyl halides is 3. The first kappa shape index (κ1) is 30.6. The van der Waals surface area contributed by atoms with Crippen molar-refractivity contribution in [1.82, 2.24) is 20.9 Å². The van der Waals surface area contributed by atoms with Gasteiger partial charge in [-0.2, -0.15) is 18.4 Å². The van der Waals surface area contributed by atoms with Crippen molar-refractivity contribution in [3.05, 3.63) is 0 Å². The maximum absolute atomic E-state index is 14.3. The Morgan fingerprint density at radius 2 is 1.76 bits per heavy atom. The van der Waals surface area contributed by atoms with Gasteiger partial charge in [0.1, 0.15) is 23.7 Å². The lowest BCUT2D eigenvalue weighted by atomic mass is 9.56. The second-order valence-electron chi connectivity index (χ2n) is 16.9. The minimum atomic E-state index is -4.49. The highest BCUT2D eigenvalue weighted by atomic mass is 19.4. The quantitative estimate of drug-likeness (QED) is 0.422. The molecule has 0 aromatic heterocycles. The van der Waals surface area contributed by atoms with Crippen molar-refractivity contribution in [2.24, 2.45) is 33.0 Å². The van der Waals surface area contributed by atoms with Gasteiger partial charge in [-0.1, -0.05) is 34.6 Å². The van der Waals surface area contributed by atoms with Gasteiger partial charge in [0.05, 0.1) is 17.4 Å². The van der Waals surface area contributed by atoms with Crippen LogP contribution in [-0.2, 0) is 19.1 Å². The lowest BCUT2D eigenvalue weighted by molar-refractivity contribution is -0.192. The maximum Gasteiger partial charge on any atom is 0.408 e. The van der Waals surface area contributed by atoms with Crippen molar-refractivity contribution in [1.29, 1.82) is 5.26 Å². The Balaban J connectivity index is 1.09. The Morgan fingerprint density at radius 3 is 2.29 bits per heavy atom. The fourth-order valence-electron chi connectivity index (χ4n) is 10.3. The van der Waals surface area contributed by atoms with Crippen LogP contribution in [0.15, 0.2) is 0 Å². The average Bonchev–Trinajstić information content (AvgIpc) is 3.73. The highest BCUT2D eigenvalue weighted by Gasteiger charge is 3.02. The number of carbonyl (C=O) groups excluding carboxylic acids is 4. The Morgan fingerprint density at radius 1 is 1.09 bits per heavy atom. The van der Waals surface area contributed by atoms with Gasteiger partial charge in [0.2, 0.25) is 17.7 Å². The van der Waals surface area contributed by atoms with Gasteiger partial charge in [-0.25, -0.2) is 4.79 Å². The normalized spacial score (nSPS) is 39.6. The molecule has 4 amide bonds. The van der Waals surface area contributed by atoms with E-state index >= 15 is 0 Å². The van der Waals surface area contributed by atoms with Gasteiger partial charge in [-0.3, -0.25) is 14.4 Å². The van der Waals surface area contributed by atoms with Crippen LogP contribution in [-0.4, -0.2) is 70.7 Å². The first-order chi connectivity index (χ1) is 20.7. The average molecular weight is 634 g/mol. The first-order valence-electron chi connectivity index (χ1n) is 16.1. The fourth-order valence-corrected chi connectivity index (χ4v) is 10.3. The standard InChI is InChI=1S/C32H42F3N5O5/c1-25(2,3)19(37-24(44)45-18-8-6-7-17(18)32(33,34)35)22(42)40-16-30-14-31(30,26(30,4)5)20(40)21(41)38-29(15-36)12-27(13-29)11-28(9-10-28)39-23(27)43/h17-20H,6-14,16H2,1-5H3,(H,37,44)(H,38,41)(H,39,43)/t17?,18?,19-,20-,27?,29?,30?,31?/m1/s1. The zero-order valence-corrected chi connectivity index (χ0v) is 26.5. The van der Waals surface area contributed by atoms with E-state index in [1.165, 1.54) is 4.90 Å². The van der Waals surface area contributed by atoms with Gasteiger partial charge >= 0.3 is 12.3 Å². The van der Waals surface area contributed by atoms with Gasteiger partial charge in [-0.05, 0) is 68.6 Å². The zero-order chi connectivity index (χ0) is 32.8. The monoisotopic (exact) mass is 633 g/mol. The third-order valence-corrected chi connectivity index (χ3v) is 13.1. The lowest BCUT2D eigenvalue weighted by Crippen LogP contribution is -2.67. The molecule has 2 heterocycles. The number of alkyl carbamates (subject to hydrolysis) is 1. The van der Waals surface area contributed by atoms with Crippen molar-refractivity contribution < 1.29 is 37.1 Å². The van der Waals surface area contributed by atoms with Crippen LogP contribution in [0.5, 0.6) is 0 Å². The number of amides is 4. The molecule has 0 aromatic carbocycles. The molecule has 2 aliphatic heterocycles. The van der Waals surface area contributed by atoms with E-state index in [0.29, 0.717) is 13.0 Å². The maximum atomic E-state index is 14.3. The van der Waals surface area contributed by atoms with Crippen molar-refractivity contribution in [2.75, 3.05) is 6.54 Å². The molecule has 6 atom stereocenters. The van der Waals surface area contributed by atoms with Crippen LogP contribution in [0, 0.1) is 44.3 Å². The molecule has 0 aromatic rings. The SMILES string of the molecule is CC(C)(C)[C@H](NC(=O)OC1CCCC1C(F)(F)F)C(=O)N1CC23CC2([C@H]1C(=O)NC1(C#N)CC2(C1)CC1(CC1)NC2=O)C3(C)C. The Hall–Kier alpha value is -3.04. The molecule has 2 saturated heterocycles. The smallest absolute Gasteiger partial charge is 0.408 e. The number of nitrogens with zero attached hydrogens (tertiary/aromatic N) is 2. The number of nitrogens with one attached hydrogen (secondary N) is 3. The van der Waals surface area contributed by atoms with Crippen LogP contribution in [0.4, 0.5) is 18.0 Å². The van der Waals surface area contributed by atoms with E-state index in [9.17, 15) is 37.6 Å². The zero-order valence-electron chi connectivity index (χ0n) is 26.5. The van der Waals surface area contributed by atoms with Crippen molar-refractivity contribution in [3.8, 4) is 6.07 Å². The van der Waals surface area contributed by atoms with Crippen molar-refractivity contribution in [2.45, 2.75) is 128 Å². The van der Waals surface area contributed by atoms with E-state index in [-0.39, 0.29) is 54.4 Å². The molecule has 5 aliphatic carbocycles. The second kappa shape index (κ2) is 8.65. The van der Waals surface area contributed by atoms with E-state index in [1.54, 1.807) is 20.8 Å². The number of hydrogen-bond acceptors (Lipinski definition) is 6. The minimum absolute atomic E-state index is 0.0638. The Bertz CT molecular complexity index is 1440. The summed E-state index contributed by atoms with van der Waals surface area (Å²) in [5.41, 5.74) is -3.84. The third-order valence-electron chi connectivity index (χ3n) is 13.1. The lowest BCUT2D eigenvalue weighted by Gasteiger charge is -2.50. The summed E-state index contributed by atoms with van der Waals surface area (Å²) in [5, 5.41) is 18.8. The molecule has 7 rings (SSSR count). The number of likely N-dealkylation sites (tertiary alicyclic amines) is 1.